The van der Waals surface area contributed by atoms with Gasteiger partial charge in [0, 0.05) is 70.0 Å². The molecule has 0 bridgehead atoms. The number of piperazine rings is 2. The number of aryl methyl sites for hydroxylation is 2. The molecule has 2 aliphatic heterocycles. The van der Waals surface area contributed by atoms with E-state index in [0.29, 0.717) is 18.7 Å². The lowest BCUT2D eigenvalue weighted by molar-refractivity contribution is 0.0697. The van der Waals surface area contributed by atoms with Crippen LogP contribution in [0.15, 0.2) is 72.2 Å². The number of carbonyl (C=O) groups is 1. The molecule has 43 heavy (non-hydrogen) atoms. The highest BCUT2D eigenvalue weighted by Crippen LogP contribution is 2.25. The second-order valence-electron chi connectivity index (χ2n) is 10.7. The van der Waals surface area contributed by atoms with E-state index in [2.05, 4.69) is 59.4 Å². The first-order valence-electron chi connectivity index (χ1n) is 14.5. The smallest absolute Gasteiger partial charge is 0.254 e. The van der Waals surface area contributed by atoms with Crippen LogP contribution in [0, 0.1) is 25.7 Å². The Bertz CT molecular complexity index is 1530. The van der Waals surface area contributed by atoms with Crippen molar-refractivity contribution in [3.8, 4) is 11.8 Å². The number of allylic oxidation sites excluding steroid dienone is 4. The maximum atomic E-state index is 13.6. The molecule has 0 unspecified atom stereocenters. The molecule has 2 aromatic rings. The SMILES string of the molecule is C.C=C/C(=C\C=C/C)S(=O)(=O)N1CCN(C(=O)c2cc(CN3CCN(c4ccccc4C#CC)CC3)c(C)cc2C)CC1. The summed E-state index contributed by atoms with van der Waals surface area (Å²) in [5.74, 6) is 6.20. The molecule has 1 amide bonds. The van der Waals surface area contributed by atoms with Crippen molar-refractivity contribution in [1.29, 1.82) is 0 Å². The number of rotatable bonds is 8. The Labute approximate surface area is 259 Å². The summed E-state index contributed by atoms with van der Waals surface area (Å²) >= 11 is 0. The van der Waals surface area contributed by atoms with Crippen molar-refractivity contribution in [3.63, 3.8) is 0 Å². The molecule has 230 valence electrons. The minimum Gasteiger partial charge on any atom is -0.368 e. The van der Waals surface area contributed by atoms with Crippen LogP contribution in [-0.2, 0) is 16.6 Å². The van der Waals surface area contributed by atoms with Crippen molar-refractivity contribution in [2.24, 2.45) is 0 Å². The summed E-state index contributed by atoms with van der Waals surface area (Å²) in [5, 5.41) is 0. The van der Waals surface area contributed by atoms with E-state index >= 15 is 0 Å². The van der Waals surface area contributed by atoms with Gasteiger partial charge in [0.25, 0.3) is 5.91 Å². The van der Waals surface area contributed by atoms with Crippen molar-refractivity contribution in [1.82, 2.24) is 14.1 Å². The van der Waals surface area contributed by atoms with Crippen LogP contribution in [0.3, 0.4) is 0 Å². The summed E-state index contributed by atoms with van der Waals surface area (Å²) in [6, 6.07) is 12.5. The second-order valence-corrected chi connectivity index (χ2v) is 12.7. The first-order valence-corrected chi connectivity index (χ1v) is 16.0. The number of nitrogens with zero attached hydrogens (tertiary/aromatic N) is 4. The maximum absolute atomic E-state index is 13.6. The van der Waals surface area contributed by atoms with Gasteiger partial charge in [-0.25, -0.2) is 8.42 Å². The summed E-state index contributed by atoms with van der Waals surface area (Å²) in [5.41, 5.74) is 6.22. The third-order valence-corrected chi connectivity index (χ3v) is 9.95. The molecule has 2 aromatic carbocycles. The Morgan fingerprint density at radius 2 is 1.65 bits per heavy atom. The number of para-hydroxylation sites is 1. The van der Waals surface area contributed by atoms with Gasteiger partial charge < -0.3 is 9.80 Å². The Balaban J connectivity index is 0.00000506. The van der Waals surface area contributed by atoms with Crippen LogP contribution in [0.25, 0.3) is 0 Å². The van der Waals surface area contributed by atoms with Gasteiger partial charge in [-0.15, -0.1) is 5.92 Å². The average Bonchev–Trinajstić information content (AvgIpc) is 2.99. The van der Waals surface area contributed by atoms with Gasteiger partial charge in [-0.3, -0.25) is 9.69 Å². The zero-order valence-corrected chi connectivity index (χ0v) is 26.1. The van der Waals surface area contributed by atoms with Gasteiger partial charge in [0.15, 0.2) is 0 Å². The molecule has 0 spiro atoms. The van der Waals surface area contributed by atoms with Crippen LogP contribution in [0.4, 0.5) is 5.69 Å². The van der Waals surface area contributed by atoms with Crippen LogP contribution in [0.5, 0.6) is 0 Å². The standard InChI is InChI=1S/C34H42N4O3S.CH4/c1-6-9-14-31(8-3)42(40,41)38-22-20-37(21-23-38)34(39)32-25-30(27(4)24-28(32)5)26-35-16-18-36(19-17-35)33-15-11-10-13-29(33)12-7-2;/h6,8-11,13-15,24-25H,3,16-23,26H2,1-2,4-5H3;1H4/b9-6-,31-14+;. The molecule has 0 aliphatic carbocycles. The van der Waals surface area contributed by atoms with Crippen LogP contribution in [0.2, 0.25) is 0 Å². The lowest BCUT2D eigenvalue weighted by atomic mass is 9.98. The number of carbonyl (C=O) groups excluding carboxylic acids is 1. The fraction of sp³-hybridized carbons (Fsp3) is 0.400. The number of amides is 1. The van der Waals surface area contributed by atoms with Crippen LogP contribution in [-0.4, -0.2) is 80.8 Å². The van der Waals surface area contributed by atoms with Crippen LogP contribution >= 0.6 is 0 Å². The van der Waals surface area contributed by atoms with E-state index in [1.54, 1.807) is 23.1 Å². The number of hydrogen-bond donors (Lipinski definition) is 0. The predicted molar refractivity (Wildman–Crippen MR) is 179 cm³/mol. The van der Waals surface area contributed by atoms with Crippen LogP contribution in [0.1, 0.15) is 53.9 Å². The summed E-state index contributed by atoms with van der Waals surface area (Å²) < 4.78 is 27.6. The van der Waals surface area contributed by atoms with Crippen molar-refractivity contribution in [2.45, 2.75) is 41.7 Å². The molecule has 0 N–H and O–H groups in total. The van der Waals surface area contributed by atoms with Crippen molar-refractivity contribution >= 4 is 21.6 Å². The highest BCUT2D eigenvalue weighted by atomic mass is 32.2. The quantitative estimate of drug-likeness (QED) is 0.301. The monoisotopic (exact) mass is 602 g/mol. The Hall–Kier alpha value is -3.64. The zero-order chi connectivity index (χ0) is 30.3. The lowest BCUT2D eigenvalue weighted by Gasteiger charge is -2.37. The Kier molecular flexibility index (Phi) is 12.0. The van der Waals surface area contributed by atoms with E-state index < -0.39 is 10.0 Å². The molecule has 2 saturated heterocycles. The minimum absolute atomic E-state index is 0. The van der Waals surface area contributed by atoms with Crippen molar-refractivity contribution in [3.05, 3.63) is 100 Å². The Morgan fingerprint density at radius 3 is 2.28 bits per heavy atom. The van der Waals surface area contributed by atoms with E-state index in [0.717, 1.165) is 49.4 Å². The van der Waals surface area contributed by atoms with E-state index in [4.69, 9.17) is 0 Å². The zero-order valence-electron chi connectivity index (χ0n) is 25.3. The van der Waals surface area contributed by atoms with E-state index in [1.165, 1.54) is 21.6 Å². The molecule has 4 rings (SSSR count). The number of anilines is 1. The van der Waals surface area contributed by atoms with Gasteiger partial charge in [-0.2, -0.15) is 4.31 Å². The predicted octanol–water partition coefficient (Wildman–Crippen LogP) is 5.37. The minimum atomic E-state index is -3.65. The maximum Gasteiger partial charge on any atom is 0.254 e. The Morgan fingerprint density at radius 1 is 0.977 bits per heavy atom. The molecule has 2 heterocycles. The third-order valence-electron chi connectivity index (χ3n) is 8.00. The molecule has 0 aromatic heterocycles. The second kappa shape index (κ2) is 15.2. The summed E-state index contributed by atoms with van der Waals surface area (Å²) in [4.78, 5) is 20.4. The molecule has 0 saturated carbocycles. The third kappa shape index (κ3) is 7.85. The molecule has 2 fully saturated rings. The van der Waals surface area contributed by atoms with Crippen molar-refractivity contribution < 1.29 is 13.2 Å². The molecule has 2 aliphatic rings. The van der Waals surface area contributed by atoms with Crippen LogP contribution < -0.4 is 4.90 Å². The van der Waals surface area contributed by atoms with Gasteiger partial charge in [-0.05, 0) is 74.7 Å². The lowest BCUT2D eigenvalue weighted by Crippen LogP contribution is -2.50. The van der Waals surface area contributed by atoms with Gasteiger partial charge in [0.2, 0.25) is 10.0 Å². The molecule has 0 radical (unpaired) electrons. The number of sulfonamides is 1. The van der Waals surface area contributed by atoms with Crippen molar-refractivity contribution in [2.75, 3.05) is 57.3 Å². The number of hydrogen-bond acceptors (Lipinski definition) is 5. The van der Waals surface area contributed by atoms with E-state index in [9.17, 15) is 13.2 Å². The number of benzene rings is 2. The summed E-state index contributed by atoms with van der Waals surface area (Å²) in [7, 11) is -3.65. The van der Waals surface area contributed by atoms with E-state index in [1.807, 2.05) is 32.9 Å². The normalized spacial score (nSPS) is 16.9. The summed E-state index contributed by atoms with van der Waals surface area (Å²) in [6.45, 7) is 17.1. The average molecular weight is 603 g/mol. The highest BCUT2D eigenvalue weighted by molar-refractivity contribution is 7.93. The summed E-state index contributed by atoms with van der Waals surface area (Å²) in [6.07, 6.45) is 6.38. The van der Waals surface area contributed by atoms with Gasteiger partial charge in [0.1, 0.15) is 0 Å². The van der Waals surface area contributed by atoms with Gasteiger partial charge in [0.05, 0.1) is 10.6 Å². The fourth-order valence-electron chi connectivity index (χ4n) is 5.58. The first kappa shape index (κ1) is 33.9. The van der Waals surface area contributed by atoms with Gasteiger partial charge in [-0.1, -0.05) is 50.3 Å². The largest absolute Gasteiger partial charge is 0.368 e. The van der Waals surface area contributed by atoms with E-state index in [-0.39, 0.29) is 31.3 Å². The molecular weight excluding hydrogens is 556 g/mol. The molecular formula is C35H46N4O3S. The highest BCUT2D eigenvalue weighted by Gasteiger charge is 2.31. The molecule has 7 nitrogen and oxygen atoms in total. The fourth-order valence-corrected chi connectivity index (χ4v) is 6.98. The molecule has 0 atom stereocenters. The van der Waals surface area contributed by atoms with Gasteiger partial charge >= 0.3 is 0 Å². The first-order chi connectivity index (χ1) is 20.2. The molecule has 8 heteroatoms. The topological polar surface area (TPSA) is 64.2 Å².